The highest BCUT2D eigenvalue weighted by Crippen LogP contribution is 2.13. The maximum atomic E-state index is 11.6. The van der Waals surface area contributed by atoms with Crippen molar-refractivity contribution in [1.29, 1.82) is 0 Å². The van der Waals surface area contributed by atoms with Gasteiger partial charge in [-0.2, -0.15) is 0 Å². The number of phenolic OH excluding ortho intramolecular Hbond substituents is 1. The summed E-state index contributed by atoms with van der Waals surface area (Å²) in [5.41, 5.74) is 0.815. The minimum Gasteiger partial charge on any atom is -0.508 e. The summed E-state index contributed by atoms with van der Waals surface area (Å²) >= 11 is 1.11. The third-order valence-corrected chi connectivity index (χ3v) is 3.25. The summed E-state index contributed by atoms with van der Waals surface area (Å²) in [5.74, 6) is 0.429. The minimum atomic E-state index is -0.454. The summed E-state index contributed by atoms with van der Waals surface area (Å²) in [7, 11) is 0. The molecule has 0 aromatic heterocycles. The highest BCUT2D eigenvalue weighted by Gasteiger charge is 2.27. The Labute approximate surface area is 103 Å². The molecule has 0 spiro atoms. The van der Waals surface area contributed by atoms with E-state index in [0.717, 1.165) is 17.3 Å². The zero-order chi connectivity index (χ0) is 12.3. The summed E-state index contributed by atoms with van der Waals surface area (Å²) in [6, 6.07) is 6.22. The van der Waals surface area contributed by atoms with Crippen molar-refractivity contribution >= 4 is 22.9 Å². The van der Waals surface area contributed by atoms with Crippen LogP contribution in [0.2, 0.25) is 0 Å². The maximum absolute atomic E-state index is 11.6. The highest BCUT2D eigenvalue weighted by molar-refractivity contribution is 8.14. The molecule has 1 heterocycles. The number of amides is 2. The first-order valence-electron chi connectivity index (χ1n) is 5.14. The number of hydrogen-bond acceptors (Lipinski definition) is 4. The third-order valence-electron chi connectivity index (χ3n) is 2.37. The molecule has 1 aliphatic heterocycles. The number of nitrogens with one attached hydrogen (secondary N) is 2. The van der Waals surface area contributed by atoms with E-state index < -0.39 is 6.04 Å². The predicted octanol–water partition coefficient (Wildman–Crippen LogP) is 0.833. The van der Waals surface area contributed by atoms with Crippen LogP contribution >= 0.6 is 11.8 Å². The van der Waals surface area contributed by atoms with E-state index >= 15 is 0 Å². The molecule has 17 heavy (non-hydrogen) atoms. The topological polar surface area (TPSA) is 78.4 Å². The van der Waals surface area contributed by atoms with E-state index in [1.807, 2.05) is 6.07 Å². The van der Waals surface area contributed by atoms with Crippen molar-refractivity contribution in [3.05, 3.63) is 29.8 Å². The Morgan fingerprint density at radius 1 is 1.59 bits per heavy atom. The van der Waals surface area contributed by atoms with E-state index in [0.29, 0.717) is 12.3 Å². The van der Waals surface area contributed by atoms with Crippen LogP contribution in [-0.4, -0.2) is 28.0 Å². The monoisotopic (exact) mass is 252 g/mol. The van der Waals surface area contributed by atoms with Crippen LogP contribution in [0.15, 0.2) is 24.3 Å². The lowest BCUT2D eigenvalue weighted by molar-refractivity contribution is -0.122. The van der Waals surface area contributed by atoms with Crippen LogP contribution in [0.3, 0.4) is 0 Å². The standard InChI is InChI=1S/C11H12N2O3S/c14-8-3-1-2-7(4-8)5-12-10(15)9-6-17-11(16)13-9/h1-4,9,14H,5-6H2,(H,12,15)(H,13,16). The van der Waals surface area contributed by atoms with Crippen molar-refractivity contribution in [1.82, 2.24) is 10.6 Å². The summed E-state index contributed by atoms with van der Waals surface area (Å²) in [6.45, 7) is 0.338. The van der Waals surface area contributed by atoms with Gasteiger partial charge < -0.3 is 15.7 Å². The van der Waals surface area contributed by atoms with Gasteiger partial charge in [0.15, 0.2) is 0 Å². The van der Waals surface area contributed by atoms with Crippen molar-refractivity contribution in [2.75, 3.05) is 5.75 Å². The van der Waals surface area contributed by atoms with Crippen molar-refractivity contribution < 1.29 is 14.7 Å². The van der Waals surface area contributed by atoms with Gasteiger partial charge in [0, 0.05) is 12.3 Å². The number of carbonyl (C=O) groups excluding carboxylic acids is 2. The molecule has 1 unspecified atom stereocenters. The van der Waals surface area contributed by atoms with Crippen LogP contribution < -0.4 is 10.6 Å². The molecular weight excluding hydrogens is 240 g/mol. The Bertz CT molecular complexity index is 450. The highest BCUT2D eigenvalue weighted by atomic mass is 32.2. The fraction of sp³-hybridized carbons (Fsp3) is 0.273. The van der Waals surface area contributed by atoms with E-state index in [9.17, 15) is 14.7 Å². The number of benzene rings is 1. The molecule has 1 saturated heterocycles. The number of phenols is 1. The van der Waals surface area contributed by atoms with Gasteiger partial charge >= 0.3 is 0 Å². The van der Waals surface area contributed by atoms with E-state index in [-0.39, 0.29) is 16.9 Å². The van der Waals surface area contributed by atoms with Gasteiger partial charge in [-0.05, 0) is 17.7 Å². The summed E-state index contributed by atoms with van der Waals surface area (Å²) in [6.07, 6.45) is 0. The molecule has 0 aliphatic carbocycles. The molecular formula is C11H12N2O3S. The van der Waals surface area contributed by atoms with Crippen molar-refractivity contribution in [3.63, 3.8) is 0 Å². The van der Waals surface area contributed by atoms with Crippen LogP contribution in [0.1, 0.15) is 5.56 Å². The lowest BCUT2D eigenvalue weighted by Gasteiger charge is -2.10. The zero-order valence-electron chi connectivity index (χ0n) is 8.97. The molecule has 2 rings (SSSR count). The van der Waals surface area contributed by atoms with E-state index in [2.05, 4.69) is 10.6 Å². The molecule has 1 aromatic rings. The van der Waals surface area contributed by atoms with Crippen molar-refractivity contribution in [2.45, 2.75) is 12.6 Å². The molecule has 3 N–H and O–H groups in total. The van der Waals surface area contributed by atoms with Gasteiger partial charge in [-0.3, -0.25) is 9.59 Å². The van der Waals surface area contributed by atoms with Crippen molar-refractivity contribution in [2.24, 2.45) is 0 Å². The molecule has 1 atom stereocenters. The van der Waals surface area contributed by atoms with Gasteiger partial charge in [-0.1, -0.05) is 23.9 Å². The van der Waals surface area contributed by atoms with Crippen LogP contribution in [0, 0.1) is 0 Å². The molecule has 2 amide bonds. The average Bonchev–Trinajstić information content (AvgIpc) is 2.73. The Balaban J connectivity index is 1.86. The molecule has 1 aromatic carbocycles. The van der Waals surface area contributed by atoms with Gasteiger partial charge in [0.25, 0.3) is 5.24 Å². The summed E-state index contributed by atoms with van der Waals surface area (Å²) < 4.78 is 0. The molecule has 0 radical (unpaired) electrons. The summed E-state index contributed by atoms with van der Waals surface area (Å²) in [5, 5.41) is 14.4. The minimum absolute atomic E-state index is 0.164. The first-order chi connectivity index (χ1) is 8.15. The van der Waals surface area contributed by atoms with Crippen LogP contribution in [0.4, 0.5) is 4.79 Å². The fourth-order valence-electron chi connectivity index (χ4n) is 1.50. The Hall–Kier alpha value is -1.69. The molecule has 1 aliphatic rings. The Kier molecular flexibility index (Phi) is 3.53. The predicted molar refractivity (Wildman–Crippen MR) is 64.7 cm³/mol. The van der Waals surface area contributed by atoms with Crippen molar-refractivity contribution in [3.8, 4) is 5.75 Å². The molecule has 5 nitrogen and oxygen atoms in total. The smallest absolute Gasteiger partial charge is 0.279 e. The van der Waals surface area contributed by atoms with Crippen LogP contribution in [-0.2, 0) is 11.3 Å². The number of carbonyl (C=O) groups is 2. The lowest BCUT2D eigenvalue weighted by atomic mass is 10.2. The molecule has 0 saturated carbocycles. The zero-order valence-corrected chi connectivity index (χ0v) is 9.79. The number of thioether (sulfide) groups is 1. The van der Waals surface area contributed by atoms with Gasteiger partial charge in [-0.15, -0.1) is 0 Å². The quantitative estimate of drug-likeness (QED) is 0.744. The number of aromatic hydroxyl groups is 1. The Morgan fingerprint density at radius 2 is 2.41 bits per heavy atom. The second-order valence-electron chi connectivity index (χ2n) is 3.68. The SMILES string of the molecule is O=C1NC(C(=O)NCc2cccc(O)c2)CS1. The maximum Gasteiger partial charge on any atom is 0.279 e. The lowest BCUT2D eigenvalue weighted by Crippen LogP contribution is -2.42. The second kappa shape index (κ2) is 5.09. The first kappa shape index (κ1) is 11.8. The fourth-order valence-corrected chi connectivity index (χ4v) is 2.28. The number of rotatable bonds is 3. The average molecular weight is 252 g/mol. The van der Waals surface area contributed by atoms with Gasteiger partial charge in [0.2, 0.25) is 5.91 Å². The third kappa shape index (κ3) is 3.13. The van der Waals surface area contributed by atoms with Crippen LogP contribution in [0.25, 0.3) is 0 Å². The summed E-state index contributed by atoms with van der Waals surface area (Å²) in [4.78, 5) is 22.6. The molecule has 6 heteroatoms. The second-order valence-corrected chi connectivity index (χ2v) is 4.68. The largest absolute Gasteiger partial charge is 0.508 e. The normalized spacial score (nSPS) is 18.8. The van der Waals surface area contributed by atoms with Gasteiger partial charge in [-0.25, -0.2) is 0 Å². The van der Waals surface area contributed by atoms with Crippen LogP contribution in [0.5, 0.6) is 5.75 Å². The van der Waals surface area contributed by atoms with E-state index in [4.69, 9.17) is 0 Å². The Morgan fingerprint density at radius 3 is 3.06 bits per heavy atom. The van der Waals surface area contributed by atoms with E-state index in [1.54, 1.807) is 18.2 Å². The van der Waals surface area contributed by atoms with Gasteiger partial charge in [0.05, 0.1) is 0 Å². The molecule has 90 valence electrons. The number of hydrogen-bond donors (Lipinski definition) is 3. The molecule has 1 fully saturated rings. The first-order valence-corrected chi connectivity index (χ1v) is 6.12. The van der Waals surface area contributed by atoms with Gasteiger partial charge in [0.1, 0.15) is 11.8 Å². The van der Waals surface area contributed by atoms with E-state index in [1.165, 1.54) is 0 Å². The molecule has 0 bridgehead atoms.